The van der Waals surface area contributed by atoms with Gasteiger partial charge in [-0.1, -0.05) is 6.42 Å². The van der Waals surface area contributed by atoms with E-state index in [1.807, 2.05) is 0 Å². The number of carbonyl (C=O) groups excluding carboxylic acids is 1. The number of esters is 1. The minimum absolute atomic E-state index is 0.319. The number of rotatable bonds is 3. The predicted molar refractivity (Wildman–Crippen MR) is 73.5 cm³/mol. The van der Waals surface area contributed by atoms with Crippen molar-refractivity contribution in [3.05, 3.63) is 0 Å². The van der Waals surface area contributed by atoms with E-state index in [-0.39, 0.29) is 0 Å². The van der Waals surface area contributed by atoms with Gasteiger partial charge >= 0.3 is 5.97 Å². The number of ether oxygens (including phenoxy) is 1. The van der Waals surface area contributed by atoms with E-state index in [1.165, 1.54) is 11.4 Å². The maximum atomic E-state index is 12.7. The molecule has 0 aromatic rings. The van der Waals surface area contributed by atoms with Gasteiger partial charge in [0.1, 0.15) is 0 Å². The van der Waals surface area contributed by atoms with E-state index in [9.17, 15) is 18.3 Å². The summed E-state index contributed by atoms with van der Waals surface area (Å²) in [4.78, 5) is 11.7. The van der Waals surface area contributed by atoms with Crippen LogP contribution in [0.4, 0.5) is 0 Å². The summed E-state index contributed by atoms with van der Waals surface area (Å²) in [7, 11) is -2.20. The Labute approximate surface area is 120 Å². The van der Waals surface area contributed by atoms with E-state index in [0.29, 0.717) is 38.8 Å². The van der Waals surface area contributed by atoms with Crippen molar-refractivity contribution in [2.45, 2.75) is 49.9 Å². The summed E-state index contributed by atoms with van der Waals surface area (Å²) < 4.78 is 31.5. The first-order valence-electron chi connectivity index (χ1n) is 7.07. The van der Waals surface area contributed by atoms with Gasteiger partial charge in [-0.05, 0) is 32.6 Å². The number of aliphatic hydroxyl groups is 1. The molecule has 20 heavy (non-hydrogen) atoms. The fraction of sp³-hybridized carbons (Fsp3) is 0.923. The predicted octanol–water partition coefficient (Wildman–Crippen LogP) is 0.505. The molecule has 6 nitrogen and oxygen atoms in total. The molecule has 1 aliphatic carbocycles. The van der Waals surface area contributed by atoms with Gasteiger partial charge in [0.25, 0.3) is 0 Å². The maximum Gasteiger partial charge on any atom is 0.310 e. The van der Waals surface area contributed by atoms with Crippen LogP contribution in [0.25, 0.3) is 0 Å². The van der Waals surface area contributed by atoms with E-state index in [2.05, 4.69) is 0 Å². The number of nitrogens with zero attached hydrogens (tertiary/aromatic N) is 1. The molecule has 7 heteroatoms. The van der Waals surface area contributed by atoms with Crippen molar-refractivity contribution in [1.82, 2.24) is 4.31 Å². The van der Waals surface area contributed by atoms with Crippen LogP contribution in [0.15, 0.2) is 0 Å². The first kappa shape index (κ1) is 15.7. The van der Waals surface area contributed by atoms with Crippen molar-refractivity contribution in [3.8, 4) is 0 Å². The number of piperidine rings is 1. The Hall–Kier alpha value is -0.660. The maximum absolute atomic E-state index is 12.7. The summed E-state index contributed by atoms with van der Waals surface area (Å²) >= 11 is 0. The lowest BCUT2D eigenvalue weighted by Gasteiger charge is -2.36. The van der Waals surface area contributed by atoms with E-state index >= 15 is 0 Å². The van der Waals surface area contributed by atoms with Gasteiger partial charge < -0.3 is 9.84 Å². The van der Waals surface area contributed by atoms with Crippen LogP contribution in [0, 0.1) is 5.92 Å². The first-order valence-corrected chi connectivity index (χ1v) is 8.57. The molecule has 0 aromatic carbocycles. The Morgan fingerprint density at radius 1 is 1.30 bits per heavy atom. The third kappa shape index (κ3) is 2.99. The summed E-state index contributed by atoms with van der Waals surface area (Å²) in [5, 5.41) is 9.24. The fourth-order valence-corrected chi connectivity index (χ4v) is 5.32. The number of sulfonamides is 1. The highest BCUT2D eigenvalue weighted by Crippen LogP contribution is 2.35. The topological polar surface area (TPSA) is 83.9 Å². The van der Waals surface area contributed by atoms with Crippen LogP contribution < -0.4 is 0 Å². The number of hydrogen-bond acceptors (Lipinski definition) is 5. The average Bonchev–Trinajstić information content (AvgIpc) is 2.87. The molecule has 0 amide bonds. The fourth-order valence-electron chi connectivity index (χ4n) is 3.12. The molecule has 116 valence electrons. The molecule has 1 saturated heterocycles. The Morgan fingerprint density at radius 2 is 1.90 bits per heavy atom. The van der Waals surface area contributed by atoms with Gasteiger partial charge in [-0.25, -0.2) is 12.7 Å². The molecule has 1 heterocycles. The highest BCUT2D eigenvalue weighted by atomic mass is 32.2. The Bertz CT molecular complexity index is 463. The normalized spacial score (nSPS) is 31.1. The lowest BCUT2D eigenvalue weighted by molar-refractivity contribution is -0.145. The van der Waals surface area contributed by atoms with Crippen LogP contribution in [0.1, 0.15) is 39.0 Å². The van der Waals surface area contributed by atoms with Crippen LogP contribution in [-0.2, 0) is 19.6 Å². The second-order valence-corrected chi connectivity index (χ2v) is 8.19. The Kier molecular flexibility index (Phi) is 4.41. The highest BCUT2D eigenvalue weighted by Gasteiger charge is 2.46. The molecule has 1 N–H and O–H groups in total. The molecule has 0 radical (unpaired) electrons. The molecule has 0 aromatic heterocycles. The van der Waals surface area contributed by atoms with Crippen LogP contribution in [0.2, 0.25) is 0 Å². The molecular formula is C13H23NO5S. The first-order chi connectivity index (χ1) is 9.28. The zero-order valence-corrected chi connectivity index (χ0v) is 12.9. The summed E-state index contributed by atoms with van der Waals surface area (Å²) in [6.07, 6.45) is 2.68. The molecule has 2 unspecified atom stereocenters. The number of methoxy groups -OCH3 is 1. The number of carbonyl (C=O) groups is 1. The highest BCUT2D eigenvalue weighted by molar-refractivity contribution is 7.89. The van der Waals surface area contributed by atoms with Crippen molar-refractivity contribution in [1.29, 1.82) is 0 Å². The van der Waals surface area contributed by atoms with Crippen molar-refractivity contribution >= 4 is 16.0 Å². The van der Waals surface area contributed by atoms with Crippen LogP contribution >= 0.6 is 0 Å². The van der Waals surface area contributed by atoms with Crippen molar-refractivity contribution < 1.29 is 23.1 Å². The van der Waals surface area contributed by atoms with E-state index in [0.717, 1.165) is 6.42 Å². The summed E-state index contributed by atoms with van der Waals surface area (Å²) in [5.41, 5.74) is -0.788. The third-order valence-electron chi connectivity index (χ3n) is 4.50. The van der Waals surface area contributed by atoms with Crippen molar-refractivity contribution in [2.75, 3.05) is 20.2 Å². The third-order valence-corrected chi connectivity index (χ3v) is 6.91. The van der Waals surface area contributed by atoms with Crippen LogP contribution in [0.3, 0.4) is 0 Å². The molecule has 2 fully saturated rings. The van der Waals surface area contributed by atoms with Gasteiger partial charge in [-0.15, -0.1) is 0 Å². The van der Waals surface area contributed by atoms with Gasteiger partial charge in [0.2, 0.25) is 10.0 Å². The van der Waals surface area contributed by atoms with Crippen molar-refractivity contribution in [2.24, 2.45) is 5.92 Å². The molecule has 0 bridgehead atoms. The van der Waals surface area contributed by atoms with E-state index < -0.39 is 32.8 Å². The largest absolute Gasteiger partial charge is 0.469 e. The molecule has 2 rings (SSSR count). The summed E-state index contributed by atoms with van der Waals surface area (Å²) in [5.74, 6) is -0.979. The Morgan fingerprint density at radius 3 is 2.45 bits per heavy atom. The minimum Gasteiger partial charge on any atom is -0.469 e. The van der Waals surface area contributed by atoms with Gasteiger partial charge in [0.15, 0.2) is 0 Å². The monoisotopic (exact) mass is 305 g/mol. The van der Waals surface area contributed by atoms with E-state index in [1.54, 1.807) is 6.92 Å². The summed E-state index contributed by atoms with van der Waals surface area (Å²) in [6, 6.07) is 0. The van der Waals surface area contributed by atoms with Gasteiger partial charge in [0.05, 0.1) is 23.9 Å². The average molecular weight is 305 g/mol. The van der Waals surface area contributed by atoms with Gasteiger partial charge in [0, 0.05) is 13.1 Å². The SMILES string of the molecule is COC(=O)C1CCCC1S(=O)(=O)N1CCC(C)(O)CC1. The van der Waals surface area contributed by atoms with E-state index in [4.69, 9.17) is 4.74 Å². The number of hydrogen-bond donors (Lipinski definition) is 1. The summed E-state index contributed by atoms with van der Waals surface area (Å²) in [6.45, 7) is 2.36. The molecular weight excluding hydrogens is 282 g/mol. The quantitative estimate of drug-likeness (QED) is 0.768. The standard InChI is InChI=1S/C13H23NO5S/c1-13(16)6-8-14(9-7-13)20(17,18)11-5-3-4-10(11)12(15)19-2/h10-11,16H,3-9H2,1-2H3. The molecule has 0 spiro atoms. The van der Waals surface area contributed by atoms with Crippen LogP contribution in [0.5, 0.6) is 0 Å². The molecule has 2 aliphatic rings. The van der Waals surface area contributed by atoms with Gasteiger partial charge in [-0.3, -0.25) is 4.79 Å². The van der Waals surface area contributed by atoms with Crippen molar-refractivity contribution in [3.63, 3.8) is 0 Å². The van der Waals surface area contributed by atoms with Crippen LogP contribution in [-0.4, -0.2) is 54.8 Å². The zero-order valence-electron chi connectivity index (χ0n) is 12.0. The Balaban J connectivity index is 2.12. The second kappa shape index (κ2) is 5.61. The second-order valence-electron chi connectivity index (χ2n) is 6.04. The lowest BCUT2D eigenvalue weighted by atomic mass is 9.95. The van der Waals surface area contributed by atoms with Gasteiger partial charge in [-0.2, -0.15) is 0 Å². The zero-order chi connectivity index (χ0) is 15.0. The minimum atomic E-state index is -3.49. The molecule has 2 atom stereocenters. The lowest BCUT2D eigenvalue weighted by Crippen LogP contribution is -2.49. The molecule has 1 aliphatic heterocycles. The molecule has 1 saturated carbocycles. The smallest absolute Gasteiger partial charge is 0.310 e.